The molecule has 1 aromatic rings. The van der Waals surface area contributed by atoms with Crippen molar-refractivity contribution in [3.8, 4) is 11.8 Å². The van der Waals surface area contributed by atoms with Gasteiger partial charge in [-0.2, -0.15) is 0 Å². The summed E-state index contributed by atoms with van der Waals surface area (Å²) in [6, 6.07) is 0.945. The summed E-state index contributed by atoms with van der Waals surface area (Å²) >= 11 is 1.21. The Bertz CT molecular complexity index is 484. The number of aliphatic hydroxyl groups excluding tert-OH is 1. The van der Waals surface area contributed by atoms with Gasteiger partial charge in [-0.3, -0.25) is 9.59 Å². The van der Waals surface area contributed by atoms with Crippen molar-refractivity contribution in [3.05, 3.63) is 21.9 Å². The topological polar surface area (TPSA) is 92.4 Å². The number of nitrogens with one attached hydrogen (secondary N) is 1. The highest BCUT2D eigenvalue weighted by Crippen LogP contribution is 2.15. The zero-order valence-electron chi connectivity index (χ0n) is 9.19. The molecule has 1 atom stereocenters. The predicted octanol–water partition coefficient (Wildman–Crippen LogP) is -0.304. The van der Waals surface area contributed by atoms with Gasteiger partial charge in [-0.1, -0.05) is 11.8 Å². The highest BCUT2D eigenvalue weighted by atomic mass is 32.1. The van der Waals surface area contributed by atoms with Crippen LogP contribution in [0.2, 0.25) is 0 Å². The van der Waals surface area contributed by atoms with Crippen LogP contribution in [0.3, 0.4) is 0 Å². The fourth-order valence-corrected chi connectivity index (χ4v) is 1.80. The molecule has 1 heterocycles. The Labute approximate surface area is 103 Å². The third-order valence-corrected chi connectivity index (χ3v) is 2.86. The van der Waals surface area contributed by atoms with Crippen LogP contribution in [0.15, 0.2) is 11.4 Å². The molecule has 0 aliphatic rings. The number of rotatable bonds is 3. The highest BCUT2D eigenvalue weighted by Gasteiger charge is 2.16. The van der Waals surface area contributed by atoms with E-state index in [0.717, 1.165) is 0 Å². The summed E-state index contributed by atoms with van der Waals surface area (Å²) in [5, 5.41) is 12.8. The molecule has 1 rings (SSSR count). The Kier molecular flexibility index (Phi) is 4.69. The second-order valence-electron chi connectivity index (χ2n) is 3.22. The van der Waals surface area contributed by atoms with Gasteiger partial charge < -0.3 is 16.2 Å². The lowest BCUT2D eigenvalue weighted by Crippen LogP contribution is -2.42. The average molecular weight is 252 g/mol. The summed E-state index contributed by atoms with van der Waals surface area (Å²) in [4.78, 5) is 23.0. The molecule has 0 aromatic carbocycles. The number of nitrogens with two attached hydrogens (primary N) is 1. The molecule has 0 saturated carbocycles. The highest BCUT2D eigenvalue weighted by molar-refractivity contribution is 7.12. The van der Waals surface area contributed by atoms with Gasteiger partial charge in [-0.05, 0) is 18.4 Å². The lowest BCUT2D eigenvalue weighted by Gasteiger charge is -2.08. The molecule has 17 heavy (non-hydrogen) atoms. The molecule has 4 N–H and O–H groups in total. The van der Waals surface area contributed by atoms with Crippen molar-refractivity contribution in [1.29, 1.82) is 0 Å². The van der Waals surface area contributed by atoms with E-state index in [1.165, 1.54) is 18.3 Å². The number of hydrogen-bond acceptors (Lipinski definition) is 4. The van der Waals surface area contributed by atoms with E-state index < -0.39 is 17.9 Å². The Morgan fingerprint density at radius 3 is 2.94 bits per heavy atom. The first-order valence-corrected chi connectivity index (χ1v) is 5.71. The van der Waals surface area contributed by atoms with Gasteiger partial charge in [0.25, 0.3) is 5.91 Å². The van der Waals surface area contributed by atoms with Crippen LogP contribution in [0.5, 0.6) is 0 Å². The van der Waals surface area contributed by atoms with Crippen molar-refractivity contribution in [3.63, 3.8) is 0 Å². The molecular formula is C11H12N2O3S. The van der Waals surface area contributed by atoms with Gasteiger partial charge in [-0.15, -0.1) is 11.3 Å². The van der Waals surface area contributed by atoms with Crippen LogP contribution in [-0.2, 0) is 4.79 Å². The summed E-state index contributed by atoms with van der Waals surface area (Å²) < 4.78 is 0. The maximum Gasteiger partial charge on any atom is 0.263 e. The van der Waals surface area contributed by atoms with Crippen LogP contribution in [-0.4, -0.2) is 29.6 Å². The number of thiophene rings is 1. The summed E-state index contributed by atoms with van der Waals surface area (Å²) in [5.41, 5.74) is 5.57. The van der Waals surface area contributed by atoms with Gasteiger partial charge in [-0.25, -0.2) is 0 Å². The van der Waals surface area contributed by atoms with E-state index >= 15 is 0 Å². The molecule has 0 fully saturated rings. The van der Waals surface area contributed by atoms with E-state index in [-0.39, 0.29) is 6.61 Å². The zero-order valence-corrected chi connectivity index (χ0v) is 10.0. The Hall–Kier alpha value is -1.84. The molecule has 1 unspecified atom stereocenters. The summed E-state index contributed by atoms with van der Waals surface area (Å²) in [6.07, 6.45) is 0. The van der Waals surface area contributed by atoms with Gasteiger partial charge in [0.2, 0.25) is 5.91 Å². The molecule has 90 valence electrons. The Morgan fingerprint density at radius 2 is 2.35 bits per heavy atom. The fourth-order valence-electron chi connectivity index (χ4n) is 1.05. The zero-order chi connectivity index (χ0) is 12.8. The number of amides is 2. The van der Waals surface area contributed by atoms with Gasteiger partial charge >= 0.3 is 0 Å². The quantitative estimate of drug-likeness (QED) is 0.645. The molecule has 1 aromatic heterocycles. The van der Waals surface area contributed by atoms with Crippen molar-refractivity contribution in [1.82, 2.24) is 5.32 Å². The van der Waals surface area contributed by atoms with Crippen molar-refractivity contribution in [2.24, 2.45) is 5.73 Å². The molecule has 2 amide bonds. The van der Waals surface area contributed by atoms with E-state index in [2.05, 4.69) is 17.2 Å². The van der Waals surface area contributed by atoms with Crippen LogP contribution in [0.25, 0.3) is 0 Å². The van der Waals surface area contributed by atoms with Gasteiger partial charge in [0.15, 0.2) is 0 Å². The maximum atomic E-state index is 11.8. The first kappa shape index (κ1) is 13.2. The van der Waals surface area contributed by atoms with Crippen LogP contribution < -0.4 is 11.1 Å². The van der Waals surface area contributed by atoms with Crippen molar-refractivity contribution < 1.29 is 14.7 Å². The first-order chi connectivity index (χ1) is 8.06. The number of carbonyl (C=O) groups excluding carboxylic acids is 2. The number of primary amides is 1. The summed E-state index contributed by atoms with van der Waals surface area (Å²) in [5.74, 6) is 4.13. The minimum atomic E-state index is -0.733. The average Bonchev–Trinajstić information content (AvgIpc) is 2.74. The second kappa shape index (κ2) is 6.03. The molecule has 0 radical (unpaired) electrons. The number of carbonyl (C=O) groups is 2. The molecule has 0 saturated heterocycles. The third-order valence-electron chi connectivity index (χ3n) is 1.95. The monoisotopic (exact) mass is 252 g/mol. The molecule has 0 aliphatic carbocycles. The second-order valence-corrected chi connectivity index (χ2v) is 4.14. The molecule has 6 heteroatoms. The van der Waals surface area contributed by atoms with Gasteiger partial charge in [0.1, 0.15) is 17.5 Å². The molecular weight excluding hydrogens is 240 g/mol. The van der Waals surface area contributed by atoms with E-state index in [0.29, 0.717) is 10.4 Å². The van der Waals surface area contributed by atoms with E-state index in [9.17, 15) is 9.59 Å². The maximum absolute atomic E-state index is 11.8. The van der Waals surface area contributed by atoms with E-state index in [1.54, 1.807) is 11.4 Å². The lowest BCUT2D eigenvalue weighted by atomic mass is 10.2. The van der Waals surface area contributed by atoms with Crippen molar-refractivity contribution >= 4 is 23.2 Å². The van der Waals surface area contributed by atoms with E-state index in [1.807, 2.05) is 0 Å². The minimum Gasteiger partial charge on any atom is -0.384 e. The smallest absolute Gasteiger partial charge is 0.263 e. The van der Waals surface area contributed by atoms with Crippen LogP contribution in [0.1, 0.15) is 22.2 Å². The van der Waals surface area contributed by atoms with Crippen LogP contribution >= 0.6 is 11.3 Å². The lowest BCUT2D eigenvalue weighted by molar-refractivity contribution is -0.119. The standard InChI is InChI=1S/C11H12N2O3S/c1-7(10(12)15)13-11(16)9-8(3-2-5-14)4-6-17-9/h4,6-7,14H,5H2,1H3,(H2,12,15)(H,13,16). The Balaban J connectivity index is 2.82. The number of aliphatic hydroxyl groups is 1. The Morgan fingerprint density at radius 1 is 1.65 bits per heavy atom. The SMILES string of the molecule is CC(NC(=O)c1sccc1C#CCO)C(N)=O. The largest absolute Gasteiger partial charge is 0.384 e. The molecule has 0 aliphatic heterocycles. The van der Waals surface area contributed by atoms with Gasteiger partial charge in [0, 0.05) is 5.56 Å². The first-order valence-electron chi connectivity index (χ1n) is 4.83. The van der Waals surface area contributed by atoms with Crippen molar-refractivity contribution in [2.75, 3.05) is 6.61 Å². The normalized spacial score (nSPS) is 11.2. The predicted molar refractivity (Wildman–Crippen MR) is 64.4 cm³/mol. The van der Waals surface area contributed by atoms with Crippen molar-refractivity contribution in [2.45, 2.75) is 13.0 Å². The van der Waals surface area contributed by atoms with E-state index in [4.69, 9.17) is 10.8 Å². The molecule has 0 spiro atoms. The molecule has 5 nitrogen and oxygen atoms in total. The van der Waals surface area contributed by atoms with Gasteiger partial charge in [0.05, 0.1) is 0 Å². The minimum absolute atomic E-state index is 0.269. The van der Waals surface area contributed by atoms with Crippen LogP contribution in [0.4, 0.5) is 0 Å². The fraction of sp³-hybridized carbons (Fsp3) is 0.273. The summed E-state index contributed by atoms with van der Waals surface area (Å²) in [7, 11) is 0. The molecule has 0 bridgehead atoms. The summed E-state index contributed by atoms with van der Waals surface area (Å²) in [6.45, 7) is 1.24. The number of hydrogen-bond donors (Lipinski definition) is 3. The third kappa shape index (κ3) is 3.59. The van der Waals surface area contributed by atoms with Crippen LogP contribution in [0, 0.1) is 11.8 Å².